The number of rotatable bonds is 3. The number of halogens is 1. The minimum atomic E-state index is -0.0368. The summed E-state index contributed by atoms with van der Waals surface area (Å²) in [5, 5.41) is 5.70. The number of aromatic nitrogens is 2. The molecule has 1 aromatic heterocycles. The van der Waals surface area contributed by atoms with Crippen LogP contribution in [0, 0.1) is 5.92 Å². The third-order valence-corrected chi connectivity index (χ3v) is 4.71. The zero-order chi connectivity index (χ0) is 14.8. The molecule has 0 saturated heterocycles. The molecule has 0 aliphatic heterocycles. The van der Waals surface area contributed by atoms with E-state index in [1.807, 2.05) is 19.2 Å². The Kier molecular flexibility index (Phi) is 4.29. The Morgan fingerprint density at radius 2 is 2.14 bits per heavy atom. The highest BCUT2D eigenvalue weighted by molar-refractivity contribution is 9.10. The molecule has 0 bridgehead atoms. The van der Waals surface area contributed by atoms with E-state index < -0.39 is 0 Å². The smallest absolute Gasteiger partial charge is 0.308 e. The molecule has 1 aromatic carbocycles. The van der Waals surface area contributed by atoms with Crippen molar-refractivity contribution in [1.82, 2.24) is 9.78 Å². The number of hydrogen-bond acceptors (Lipinski definition) is 3. The maximum atomic E-state index is 11.8. The molecule has 112 valence electrons. The average molecular weight is 351 g/mol. The lowest BCUT2D eigenvalue weighted by Crippen LogP contribution is -2.25. The van der Waals surface area contributed by atoms with Crippen LogP contribution in [0.4, 0.5) is 0 Å². The Morgan fingerprint density at radius 3 is 2.86 bits per heavy atom. The third-order valence-electron chi connectivity index (χ3n) is 4.22. The summed E-state index contributed by atoms with van der Waals surface area (Å²) in [5.41, 5.74) is 1.16. The van der Waals surface area contributed by atoms with E-state index in [1.54, 1.807) is 0 Å². The fraction of sp³-hybridized carbons (Fsp3) is 0.500. The molecule has 0 amide bonds. The first kappa shape index (κ1) is 14.6. The number of hydrogen-bond donors (Lipinski definition) is 0. The summed E-state index contributed by atoms with van der Waals surface area (Å²) in [6.45, 7) is 2.33. The van der Waals surface area contributed by atoms with Crippen molar-refractivity contribution in [1.29, 1.82) is 0 Å². The molecule has 0 atom stereocenters. The van der Waals surface area contributed by atoms with Crippen LogP contribution in [0.2, 0.25) is 0 Å². The Labute approximate surface area is 132 Å². The summed E-state index contributed by atoms with van der Waals surface area (Å²) >= 11 is 3.49. The molecule has 21 heavy (non-hydrogen) atoms. The summed E-state index contributed by atoms with van der Waals surface area (Å²) in [4.78, 5) is 11.8. The molecule has 0 radical (unpaired) electrons. The number of benzene rings is 1. The van der Waals surface area contributed by atoms with E-state index in [0.29, 0.717) is 12.6 Å². The number of nitrogens with zero attached hydrogens (tertiary/aromatic N) is 2. The number of carbonyl (C=O) groups excluding carboxylic acids is 1. The first-order valence-corrected chi connectivity index (χ1v) is 8.27. The van der Waals surface area contributed by atoms with Gasteiger partial charge < -0.3 is 4.74 Å². The molecule has 2 aromatic rings. The fourth-order valence-electron chi connectivity index (χ4n) is 3.13. The number of fused-ring (bicyclic) bond motifs is 1. The largest absolute Gasteiger partial charge is 0.466 e. The molecule has 5 heteroatoms. The number of esters is 1. The Balaban J connectivity index is 1.72. The molecule has 1 heterocycles. The van der Waals surface area contributed by atoms with Gasteiger partial charge in [-0.25, -0.2) is 0 Å². The first-order chi connectivity index (χ1) is 10.2. The molecule has 1 fully saturated rings. The predicted octanol–water partition coefficient (Wildman–Crippen LogP) is 4.09. The van der Waals surface area contributed by atoms with Gasteiger partial charge in [-0.15, -0.1) is 0 Å². The monoisotopic (exact) mass is 350 g/mol. The van der Waals surface area contributed by atoms with Crippen LogP contribution in [0.5, 0.6) is 0 Å². The molecule has 0 spiro atoms. The zero-order valence-electron chi connectivity index (χ0n) is 12.1. The van der Waals surface area contributed by atoms with Crippen molar-refractivity contribution in [2.75, 3.05) is 6.61 Å². The van der Waals surface area contributed by atoms with Gasteiger partial charge in [0.15, 0.2) is 0 Å². The minimum absolute atomic E-state index is 0.0368. The number of ether oxygens (including phenoxy) is 1. The van der Waals surface area contributed by atoms with Crippen molar-refractivity contribution in [3.63, 3.8) is 0 Å². The second-order valence-electron chi connectivity index (χ2n) is 5.55. The molecule has 1 aliphatic carbocycles. The summed E-state index contributed by atoms with van der Waals surface area (Å²) in [5.74, 6) is 0.0300. The topological polar surface area (TPSA) is 44.1 Å². The van der Waals surface area contributed by atoms with Crippen LogP contribution >= 0.6 is 15.9 Å². The van der Waals surface area contributed by atoms with E-state index in [1.165, 1.54) is 0 Å². The van der Waals surface area contributed by atoms with Crippen LogP contribution in [-0.4, -0.2) is 22.4 Å². The Morgan fingerprint density at radius 1 is 1.38 bits per heavy atom. The van der Waals surface area contributed by atoms with Crippen molar-refractivity contribution in [2.45, 2.75) is 38.6 Å². The SMILES string of the molecule is CCOC(=O)C1CCC(n2ncc3cc(Br)ccc32)CC1. The maximum absolute atomic E-state index is 11.8. The molecule has 0 N–H and O–H groups in total. The normalized spacial score (nSPS) is 22.4. The summed E-state index contributed by atoms with van der Waals surface area (Å²) in [6, 6.07) is 6.62. The van der Waals surface area contributed by atoms with Gasteiger partial charge in [0.1, 0.15) is 0 Å². The van der Waals surface area contributed by atoms with Crippen LogP contribution < -0.4 is 0 Å². The highest BCUT2D eigenvalue weighted by atomic mass is 79.9. The van der Waals surface area contributed by atoms with Gasteiger partial charge in [0.25, 0.3) is 0 Å². The van der Waals surface area contributed by atoms with Crippen molar-refractivity contribution in [2.24, 2.45) is 5.92 Å². The highest BCUT2D eigenvalue weighted by Gasteiger charge is 2.28. The van der Waals surface area contributed by atoms with Crippen LogP contribution in [0.3, 0.4) is 0 Å². The van der Waals surface area contributed by atoms with Gasteiger partial charge in [-0.1, -0.05) is 15.9 Å². The lowest BCUT2D eigenvalue weighted by molar-refractivity contribution is -0.149. The Hall–Kier alpha value is -1.36. The van der Waals surface area contributed by atoms with Crippen LogP contribution in [-0.2, 0) is 9.53 Å². The third kappa shape index (κ3) is 2.98. The van der Waals surface area contributed by atoms with E-state index in [4.69, 9.17) is 4.74 Å². The van der Waals surface area contributed by atoms with Crippen molar-refractivity contribution >= 4 is 32.8 Å². The summed E-state index contributed by atoms with van der Waals surface area (Å²) < 4.78 is 8.31. The van der Waals surface area contributed by atoms with Crippen LogP contribution in [0.25, 0.3) is 10.9 Å². The van der Waals surface area contributed by atoms with Crippen LogP contribution in [0.15, 0.2) is 28.9 Å². The fourth-order valence-corrected chi connectivity index (χ4v) is 3.51. The number of carbonyl (C=O) groups is 1. The van der Waals surface area contributed by atoms with Gasteiger partial charge in [-0.05, 0) is 50.8 Å². The van der Waals surface area contributed by atoms with Gasteiger partial charge in [0.2, 0.25) is 0 Å². The van der Waals surface area contributed by atoms with E-state index >= 15 is 0 Å². The zero-order valence-corrected chi connectivity index (χ0v) is 13.7. The van der Waals surface area contributed by atoms with Crippen LogP contribution in [0.1, 0.15) is 38.6 Å². The molecule has 1 saturated carbocycles. The van der Waals surface area contributed by atoms with Crippen molar-refractivity contribution in [3.05, 3.63) is 28.9 Å². The van der Waals surface area contributed by atoms with E-state index in [9.17, 15) is 4.79 Å². The van der Waals surface area contributed by atoms with Crippen molar-refractivity contribution in [3.8, 4) is 0 Å². The first-order valence-electron chi connectivity index (χ1n) is 7.48. The van der Waals surface area contributed by atoms with E-state index in [-0.39, 0.29) is 11.9 Å². The lowest BCUT2D eigenvalue weighted by atomic mass is 9.86. The summed E-state index contributed by atoms with van der Waals surface area (Å²) in [7, 11) is 0. The molecule has 0 unspecified atom stereocenters. The molecular formula is C16H19BrN2O2. The maximum Gasteiger partial charge on any atom is 0.308 e. The van der Waals surface area contributed by atoms with Gasteiger partial charge >= 0.3 is 5.97 Å². The van der Waals surface area contributed by atoms with Gasteiger partial charge in [0, 0.05) is 9.86 Å². The van der Waals surface area contributed by atoms with Gasteiger partial charge in [-0.2, -0.15) is 5.10 Å². The molecular weight excluding hydrogens is 332 g/mol. The molecule has 3 rings (SSSR count). The molecule has 1 aliphatic rings. The quantitative estimate of drug-likeness (QED) is 0.783. The van der Waals surface area contributed by atoms with Gasteiger partial charge in [0.05, 0.1) is 30.3 Å². The molecule has 4 nitrogen and oxygen atoms in total. The Bertz CT molecular complexity index is 645. The van der Waals surface area contributed by atoms with E-state index in [0.717, 1.165) is 41.1 Å². The van der Waals surface area contributed by atoms with Crippen molar-refractivity contribution < 1.29 is 9.53 Å². The second-order valence-corrected chi connectivity index (χ2v) is 6.47. The average Bonchev–Trinajstić information content (AvgIpc) is 2.90. The lowest BCUT2D eigenvalue weighted by Gasteiger charge is -2.27. The minimum Gasteiger partial charge on any atom is -0.466 e. The highest BCUT2D eigenvalue weighted by Crippen LogP contribution is 2.34. The second kappa shape index (κ2) is 6.18. The van der Waals surface area contributed by atoms with Gasteiger partial charge in [-0.3, -0.25) is 9.48 Å². The van der Waals surface area contributed by atoms with E-state index in [2.05, 4.69) is 37.8 Å². The standard InChI is InChI=1S/C16H19BrN2O2/c1-2-21-16(20)11-3-6-14(7-4-11)19-15-8-5-13(17)9-12(15)10-18-19/h5,8-11,14H,2-4,6-7H2,1H3. The summed E-state index contributed by atoms with van der Waals surface area (Å²) in [6.07, 6.45) is 5.66. The predicted molar refractivity (Wildman–Crippen MR) is 85.1 cm³/mol.